The highest BCUT2D eigenvalue weighted by Crippen LogP contribution is 2.41. The Balaban J connectivity index is 3.99. The largest absolute Gasteiger partial charge is 0.466 e. The minimum atomic E-state index is -0.0702. The lowest BCUT2D eigenvalue weighted by molar-refractivity contribution is -0.144. The molecule has 3 heteroatoms. The van der Waals surface area contributed by atoms with Crippen molar-refractivity contribution in [1.82, 2.24) is 0 Å². The molecule has 0 aromatic carbocycles. The molecule has 0 aromatic rings. The Bertz CT molecular complexity index is 204. The molecule has 0 spiro atoms. The van der Waals surface area contributed by atoms with Crippen LogP contribution in [0.3, 0.4) is 0 Å². The monoisotopic (exact) mass is 232 g/mol. The number of hydrogen-bond acceptors (Lipinski definition) is 2. The Morgan fingerprint density at radius 2 is 1.80 bits per heavy atom. The summed E-state index contributed by atoms with van der Waals surface area (Å²) in [4.78, 5) is 11.3. The maximum Gasteiger partial charge on any atom is 0.305 e. The lowest BCUT2D eigenvalue weighted by atomic mass is 9.76. The molecule has 0 saturated carbocycles. The zero-order chi connectivity index (χ0) is 12.1. The molecular weight excluding hydrogens is 207 g/mol. The molecule has 0 heterocycles. The molecule has 0 radical (unpaired) electrons. The molecule has 0 amide bonds. The van der Waals surface area contributed by atoms with E-state index in [-0.39, 0.29) is 16.5 Å². The Hall–Kier alpha value is -0.100. The van der Waals surface area contributed by atoms with Crippen LogP contribution in [0.1, 0.15) is 53.9 Å². The molecule has 0 aliphatic heterocycles. The van der Waals surface area contributed by atoms with E-state index in [2.05, 4.69) is 36.9 Å². The van der Waals surface area contributed by atoms with Gasteiger partial charge in [-0.1, -0.05) is 34.6 Å². The van der Waals surface area contributed by atoms with Gasteiger partial charge in [-0.3, -0.25) is 4.79 Å². The Morgan fingerprint density at radius 3 is 2.20 bits per heavy atom. The Labute approximate surface area is 96.4 Å². The second-order valence-corrected chi connectivity index (χ2v) is 6.77. The van der Waals surface area contributed by atoms with E-state index in [4.69, 9.17) is 4.74 Å². The van der Waals surface area contributed by atoms with E-state index in [1.807, 2.05) is 6.92 Å². The number of carbonyl (C=O) groups is 1. The van der Waals surface area contributed by atoms with Crippen molar-refractivity contribution in [3.8, 4) is 0 Å². The first kappa shape index (κ1) is 14.9. The normalized spacial score (nSPS) is 12.7. The molecule has 0 N–H and O–H groups in total. The fourth-order valence-electron chi connectivity index (χ4n) is 1.02. The van der Waals surface area contributed by atoms with E-state index >= 15 is 0 Å². The zero-order valence-corrected chi connectivity index (χ0v) is 11.9. The van der Waals surface area contributed by atoms with Crippen LogP contribution in [0, 0.1) is 5.41 Å². The standard InChI is InChI=1S/C12H25O2P/c1-6-9-14-10(13)7-8-11(2,3)12(4,5)15/h6-9,15H2,1-5H3. The summed E-state index contributed by atoms with van der Waals surface area (Å²) in [6, 6.07) is 0. The zero-order valence-electron chi connectivity index (χ0n) is 10.7. The molecular formula is C12H25O2P. The molecule has 90 valence electrons. The molecule has 2 nitrogen and oxygen atoms in total. The number of carbonyl (C=O) groups excluding carboxylic acids is 1. The molecule has 0 bridgehead atoms. The summed E-state index contributed by atoms with van der Waals surface area (Å²) in [5.41, 5.74) is 0.128. The van der Waals surface area contributed by atoms with E-state index in [1.165, 1.54) is 0 Å². The second kappa shape index (κ2) is 5.84. The lowest BCUT2D eigenvalue weighted by Crippen LogP contribution is -2.33. The van der Waals surface area contributed by atoms with Crippen LogP contribution in [0.25, 0.3) is 0 Å². The molecule has 0 rings (SSSR count). The summed E-state index contributed by atoms with van der Waals surface area (Å²) in [6.07, 6.45) is 2.28. The average molecular weight is 232 g/mol. The Morgan fingerprint density at radius 1 is 1.27 bits per heavy atom. The summed E-state index contributed by atoms with van der Waals surface area (Å²) in [5.74, 6) is -0.0702. The van der Waals surface area contributed by atoms with Gasteiger partial charge in [0.15, 0.2) is 0 Å². The highest BCUT2D eigenvalue weighted by atomic mass is 31.0. The SMILES string of the molecule is CCCOC(=O)CCC(C)(C)C(C)(C)P. The van der Waals surface area contributed by atoms with Crippen LogP contribution in [0.4, 0.5) is 0 Å². The number of rotatable bonds is 6. The van der Waals surface area contributed by atoms with Crippen LogP contribution in [0.2, 0.25) is 0 Å². The second-order valence-electron chi connectivity index (χ2n) is 5.33. The summed E-state index contributed by atoms with van der Waals surface area (Å²) >= 11 is 0. The molecule has 0 aromatic heterocycles. The summed E-state index contributed by atoms with van der Waals surface area (Å²) in [7, 11) is 2.85. The van der Waals surface area contributed by atoms with Crippen molar-refractivity contribution in [2.75, 3.05) is 6.61 Å². The van der Waals surface area contributed by atoms with Crippen molar-refractivity contribution in [3.05, 3.63) is 0 Å². The number of ether oxygens (including phenoxy) is 1. The van der Waals surface area contributed by atoms with Crippen LogP contribution in [0.5, 0.6) is 0 Å². The van der Waals surface area contributed by atoms with Gasteiger partial charge < -0.3 is 4.74 Å². The topological polar surface area (TPSA) is 26.3 Å². The molecule has 0 aliphatic rings. The summed E-state index contributed by atoms with van der Waals surface area (Å²) in [6.45, 7) is 11.3. The van der Waals surface area contributed by atoms with Gasteiger partial charge in [0.05, 0.1) is 6.61 Å². The minimum Gasteiger partial charge on any atom is -0.466 e. The van der Waals surface area contributed by atoms with Gasteiger partial charge in [-0.05, 0) is 23.4 Å². The van der Waals surface area contributed by atoms with Crippen molar-refractivity contribution >= 4 is 15.2 Å². The van der Waals surface area contributed by atoms with Gasteiger partial charge in [0, 0.05) is 6.42 Å². The van der Waals surface area contributed by atoms with Crippen LogP contribution in [0.15, 0.2) is 0 Å². The van der Waals surface area contributed by atoms with Crippen LogP contribution in [-0.2, 0) is 9.53 Å². The van der Waals surface area contributed by atoms with E-state index in [0.717, 1.165) is 12.8 Å². The Kier molecular flexibility index (Phi) is 5.80. The highest BCUT2D eigenvalue weighted by molar-refractivity contribution is 7.18. The van der Waals surface area contributed by atoms with Crippen LogP contribution < -0.4 is 0 Å². The van der Waals surface area contributed by atoms with Crippen molar-refractivity contribution < 1.29 is 9.53 Å². The van der Waals surface area contributed by atoms with Gasteiger partial charge in [0.25, 0.3) is 0 Å². The van der Waals surface area contributed by atoms with Gasteiger partial charge >= 0.3 is 5.97 Å². The van der Waals surface area contributed by atoms with Gasteiger partial charge in [-0.15, -0.1) is 9.24 Å². The van der Waals surface area contributed by atoms with E-state index in [9.17, 15) is 4.79 Å². The molecule has 1 atom stereocenters. The predicted molar refractivity (Wildman–Crippen MR) is 68.1 cm³/mol. The number of hydrogen-bond donors (Lipinski definition) is 0. The van der Waals surface area contributed by atoms with Gasteiger partial charge in [0.1, 0.15) is 0 Å². The third kappa shape index (κ3) is 5.51. The maximum atomic E-state index is 11.3. The van der Waals surface area contributed by atoms with E-state index in [1.54, 1.807) is 0 Å². The third-order valence-corrected chi connectivity index (χ3v) is 3.95. The van der Waals surface area contributed by atoms with E-state index < -0.39 is 0 Å². The highest BCUT2D eigenvalue weighted by Gasteiger charge is 2.33. The minimum absolute atomic E-state index is 0.0702. The molecule has 1 unspecified atom stereocenters. The average Bonchev–Trinajstić information content (AvgIpc) is 2.09. The lowest BCUT2D eigenvalue weighted by Gasteiger charge is -2.38. The first-order chi connectivity index (χ1) is 6.70. The van der Waals surface area contributed by atoms with Crippen LogP contribution in [-0.4, -0.2) is 17.7 Å². The maximum absolute atomic E-state index is 11.3. The summed E-state index contributed by atoms with van der Waals surface area (Å²) in [5, 5.41) is 0.137. The fraction of sp³-hybridized carbons (Fsp3) is 0.917. The molecule has 15 heavy (non-hydrogen) atoms. The van der Waals surface area contributed by atoms with Crippen LogP contribution >= 0.6 is 9.24 Å². The quantitative estimate of drug-likeness (QED) is 0.518. The van der Waals surface area contributed by atoms with Crippen molar-refractivity contribution in [2.45, 2.75) is 59.0 Å². The van der Waals surface area contributed by atoms with Crippen molar-refractivity contribution in [1.29, 1.82) is 0 Å². The predicted octanol–water partition coefficient (Wildman–Crippen LogP) is 3.40. The van der Waals surface area contributed by atoms with Gasteiger partial charge in [0.2, 0.25) is 0 Å². The van der Waals surface area contributed by atoms with Crippen molar-refractivity contribution in [2.24, 2.45) is 5.41 Å². The molecule has 0 aliphatic carbocycles. The smallest absolute Gasteiger partial charge is 0.305 e. The summed E-state index contributed by atoms with van der Waals surface area (Å²) < 4.78 is 5.05. The van der Waals surface area contributed by atoms with Gasteiger partial charge in [-0.2, -0.15) is 0 Å². The third-order valence-electron chi connectivity index (χ3n) is 3.17. The molecule has 0 fully saturated rings. The first-order valence-electron chi connectivity index (χ1n) is 5.65. The first-order valence-corrected chi connectivity index (χ1v) is 6.23. The number of esters is 1. The van der Waals surface area contributed by atoms with Crippen molar-refractivity contribution in [3.63, 3.8) is 0 Å². The van der Waals surface area contributed by atoms with Gasteiger partial charge in [-0.25, -0.2) is 0 Å². The molecule has 0 saturated heterocycles. The van der Waals surface area contributed by atoms with E-state index in [0.29, 0.717) is 13.0 Å². The fourth-order valence-corrected chi connectivity index (χ4v) is 1.17.